The number of hydrogen-bond donors (Lipinski definition) is 1. The Bertz CT molecular complexity index is 824. The fraction of sp³-hybridized carbons (Fsp3) is 0.125. The number of anilines is 1. The predicted molar refractivity (Wildman–Crippen MR) is 88.0 cm³/mol. The van der Waals surface area contributed by atoms with E-state index in [1.54, 1.807) is 17.7 Å². The van der Waals surface area contributed by atoms with Gasteiger partial charge < -0.3 is 5.32 Å². The molecule has 1 amide bonds. The molecule has 2 aromatic heterocycles. The minimum Gasteiger partial charge on any atom is -0.310 e. The van der Waals surface area contributed by atoms with E-state index < -0.39 is 0 Å². The van der Waals surface area contributed by atoms with Gasteiger partial charge >= 0.3 is 0 Å². The van der Waals surface area contributed by atoms with Gasteiger partial charge in [-0.25, -0.2) is 4.98 Å². The van der Waals surface area contributed by atoms with Crippen LogP contribution < -0.4 is 5.32 Å². The Morgan fingerprint density at radius 2 is 2.09 bits per heavy atom. The molecule has 110 valence electrons. The summed E-state index contributed by atoms with van der Waals surface area (Å²) >= 11 is 7.57. The number of halogens is 1. The van der Waals surface area contributed by atoms with E-state index in [4.69, 9.17) is 11.6 Å². The van der Waals surface area contributed by atoms with Crippen molar-refractivity contribution < 1.29 is 4.79 Å². The van der Waals surface area contributed by atoms with Crippen LogP contribution >= 0.6 is 22.9 Å². The van der Waals surface area contributed by atoms with Crippen molar-refractivity contribution in [1.29, 1.82) is 0 Å². The fourth-order valence-electron chi connectivity index (χ4n) is 2.75. The summed E-state index contributed by atoms with van der Waals surface area (Å²) in [5.41, 5.74) is 2.97. The molecule has 6 heteroatoms. The summed E-state index contributed by atoms with van der Waals surface area (Å²) in [5, 5.41) is 7.73. The summed E-state index contributed by atoms with van der Waals surface area (Å²) in [7, 11) is 0. The lowest BCUT2D eigenvalue weighted by Crippen LogP contribution is -2.24. The number of amides is 1. The Morgan fingerprint density at radius 3 is 2.82 bits per heavy atom. The first-order valence-electron chi connectivity index (χ1n) is 6.87. The first-order chi connectivity index (χ1) is 10.7. The van der Waals surface area contributed by atoms with Crippen LogP contribution in [0.4, 0.5) is 5.82 Å². The van der Waals surface area contributed by atoms with Crippen LogP contribution in [-0.4, -0.2) is 15.5 Å². The number of hydrogen-bond acceptors (Lipinski definition) is 3. The summed E-state index contributed by atoms with van der Waals surface area (Å²) in [6, 6.07) is 9.52. The van der Waals surface area contributed by atoms with Crippen molar-refractivity contribution >= 4 is 34.7 Å². The monoisotopic (exact) mass is 329 g/mol. The molecule has 1 aliphatic rings. The molecule has 22 heavy (non-hydrogen) atoms. The highest BCUT2D eigenvalue weighted by Gasteiger charge is 2.31. The number of imidazole rings is 1. The third-order valence-electron chi connectivity index (χ3n) is 3.82. The van der Waals surface area contributed by atoms with E-state index in [1.807, 2.05) is 34.2 Å². The highest BCUT2D eigenvalue weighted by Crippen LogP contribution is 2.37. The maximum Gasteiger partial charge on any atom is 0.226 e. The second-order valence-corrected chi connectivity index (χ2v) is 6.40. The smallest absolute Gasteiger partial charge is 0.226 e. The van der Waals surface area contributed by atoms with Crippen LogP contribution in [-0.2, 0) is 4.79 Å². The third-order valence-corrected chi connectivity index (χ3v) is 4.78. The molecular weight excluding hydrogens is 318 g/mol. The molecule has 0 saturated heterocycles. The van der Waals surface area contributed by atoms with E-state index in [9.17, 15) is 4.79 Å². The predicted octanol–water partition coefficient (Wildman–Crippen LogP) is 4.06. The van der Waals surface area contributed by atoms with Gasteiger partial charge in [-0.3, -0.25) is 9.36 Å². The average Bonchev–Trinajstić information content (AvgIpc) is 3.16. The molecule has 3 heterocycles. The SMILES string of the molecule is O=C1CC(c2ccsc2)c2ncn(-c3ccc(Cl)cc3)c2N1. The average molecular weight is 330 g/mol. The Kier molecular flexibility index (Phi) is 3.24. The van der Waals surface area contributed by atoms with Gasteiger partial charge in [0.15, 0.2) is 0 Å². The summed E-state index contributed by atoms with van der Waals surface area (Å²) in [6.07, 6.45) is 2.18. The molecule has 0 radical (unpaired) electrons. The van der Waals surface area contributed by atoms with E-state index >= 15 is 0 Å². The summed E-state index contributed by atoms with van der Waals surface area (Å²) in [5.74, 6) is 0.776. The first kappa shape index (κ1) is 13.5. The van der Waals surface area contributed by atoms with E-state index in [1.165, 1.54) is 0 Å². The van der Waals surface area contributed by atoms with Gasteiger partial charge in [-0.15, -0.1) is 0 Å². The molecular formula is C16H12ClN3OS. The molecule has 1 unspecified atom stereocenters. The highest BCUT2D eigenvalue weighted by molar-refractivity contribution is 7.08. The lowest BCUT2D eigenvalue weighted by Gasteiger charge is -2.22. The van der Waals surface area contributed by atoms with Gasteiger partial charge in [-0.2, -0.15) is 11.3 Å². The van der Waals surface area contributed by atoms with Crippen LogP contribution in [0.15, 0.2) is 47.4 Å². The van der Waals surface area contributed by atoms with E-state index in [-0.39, 0.29) is 11.8 Å². The van der Waals surface area contributed by atoms with Gasteiger partial charge in [0, 0.05) is 23.0 Å². The number of rotatable bonds is 2. The van der Waals surface area contributed by atoms with Gasteiger partial charge in [0.2, 0.25) is 5.91 Å². The van der Waals surface area contributed by atoms with Crippen LogP contribution in [0.3, 0.4) is 0 Å². The number of nitrogens with zero attached hydrogens (tertiary/aromatic N) is 2. The van der Waals surface area contributed by atoms with E-state index in [0.29, 0.717) is 11.4 Å². The molecule has 0 aliphatic carbocycles. The molecule has 1 aromatic carbocycles. The molecule has 0 fully saturated rings. The maximum atomic E-state index is 12.1. The normalized spacial score (nSPS) is 17.1. The van der Waals surface area contributed by atoms with Crippen molar-refractivity contribution in [2.45, 2.75) is 12.3 Å². The fourth-order valence-corrected chi connectivity index (χ4v) is 3.59. The lowest BCUT2D eigenvalue weighted by atomic mass is 9.92. The number of benzene rings is 1. The van der Waals surface area contributed by atoms with E-state index in [0.717, 1.165) is 22.8 Å². The summed E-state index contributed by atoms with van der Waals surface area (Å²) in [4.78, 5) is 16.6. The molecule has 1 atom stereocenters. The molecule has 1 aliphatic heterocycles. The second-order valence-electron chi connectivity index (χ2n) is 5.19. The maximum absolute atomic E-state index is 12.1. The minimum absolute atomic E-state index is 0.0133. The Balaban J connectivity index is 1.82. The van der Waals surface area contributed by atoms with Crippen LogP contribution in [0.25, 0.3) is 5.69 Å². The van der Waals surface area contributed by atoms with Gasteiger partial charge in [0.1, 0.15) is 12.1 Å². The highest BCUT2D eigenvalue weighted by atomic mass is 35.5. The molecule has 0 saturated carbocycles. The molecule has 4 rings (SSSR count). The van der Waals surface area contributed by atoms with Gasteiger partial charge in [0.05, 0.1) is 5.69 Å². The van der Waals surface area contributed by atoms with Crippen molar-refractivity contribution in [3.8, 4) is 5.69 Å². The summed E-state index contributed by atoms with van der Waals surface area (Å²) < 4.78 is 1.89. The van der Waals surface area contributed by atoms with Gasteiger partial charge in [-0.05, 0) is 46.7 Å². The molecule has 3 aromatic rings. The standard InChI is InChI=1S/C16H12ClN3OS/c17-11-1-3-12(4-2-11)20-9-18-15-13(10-5-6-22-8-10)7-14(21)19-16(15)20/h1-6,8-9,13H,7H2,(H,19,21). The summed E-state index contributed by atoms with van der Waals surface area (Å²) in [6.45, 7) is 0. The van der Waals surface area contributed by atoms with Crippen molar-refractivity contribution in [2.75, 3.05) is 5.32 Å². The number of thiophene rings is 1. The Labute approximate surface area is 136 Å². The topological polar surface area (TPSA) is 46.9 Å². The van der Waals surface area contributed by atoms with Crippen LogP contribution in [0, 0.1) is 0 Å². The minimum atomic E-state index is 0.0133. The molecule has 0 bridgehead atoms. The third kappa shape index (κ3) is 2.23. The number of nitrogens with one attached hydrogen (secondary N) is 1. The molecule has 0 spiro atoms. The quantitative estimate of drug-likeness (QED) is 0.770. The number of aromatic nitrogens is 2. The number of carbonyl (C=O) groups is 1. The molecule has 1 N–H and O–H groups in total. The largest absolute Gasteiger partial charge is 0.310 e. The van der Waals surface area contributed by atoms with Crippen LogP contribution in [0.2, 0.25) is 5.02 Å². The van der Waals surface area contributed by atoms with Crippen molar-refractivity contribution in [1.82, 2.24) is 9.55 Å². The van der Waals surface area contributed by atoms with Crippen molar-refractivity contribution in [3.05, 3.63) is 63.7 Å². The van der Waals surface area contributed by atoms with Gasteiger partial charge in [0.25, 0.3) is 0 Å². The first-order valence-corrected chi connectivity index (χ1v) is 8.19. The zero-order valence-corrected chi connectivity index (χ0v) is 13.1. The van der Waals surface area contributed by atoms with E-state index in [2.05, 4.69) is 21.7 Å². The zero-order chi connectivity index (χ0) is 15.1. The van der Waals surface area contributed by atoms with Crippen molar-refractivity contribution in [3.63, 3.8) is 0 Å². The Hall–Kier alpha value is -2.11. The van der Waals surface area contributed by atoms with Crippen molar-refractivity contribution in [2.24, 2.45) is 0 Å². The zero-order valence-electron chi connectivity index (χ0n) is 11.5. The van der Waals surface area contributed by atoms with Crippen LogP contribution in [0.5, 0.6) is 0 Å². The molecule has 4 nitrogen and oxygen atoms in total. The number of fused-ring (bicyclic) bond motifs is 1. The van der Waals surface area contributed by atoms with Crippen LogP contribution in [0.1, 0.15) is 23.6 Å². The lowest BCUT2D eigenvalue weighted by molar-refractivity contribution is -0.116. The second kappa shape index (κ2) is 5.26. The Morgan fingerprint density at radius 1 is 1.27 bits per heavy atom. The number of carbonyl (C=O) groups excluding carboxylic acids is 1. The van der Waals surface area contributed by atoms with Gasteiger partial charge in [-0.1, -0.05) is 11.6 Å².